The van der Waals surface area contributed by atoms with Crippen LogP contribution >= 0.6 is 0 Å². The second-order valence-corrected chi connectivity index (χ2v) is 2.39. The highest BCUT2D eigenvalue weighted by Gasteiger charge is 1.78. The lowest BCUT2D eigenvalue weighted by Crippen LogP contribution is -1.65. The molecule has 0 heteroatoms. The van der Waals surface area contributed by atoms with E-state index in [1.54, 1.807) is 0 Å². The van der Waals surface area contributed by atoms with Crippen LogP contribution in [0.4, 0.5) is 0 Å². The molecule has 1 aromatic carbocycles. The van der Waals surface area contributed by atoms with Gasteiger partial charge in [0.1, 0.15) is 0 Å². The summed E-state index contributed by atoms with van der Waals surface area (Å²) in [6, 6.07) is 10.2. The third kappa shape index (κ3) is 3.05. The zero-order valence-electron chi connectivity index (χ0n) is 7.20. The predicted octanol–water partition coefficient (Wildman–Crippen LogP) is 3.43. The van der Waals surface area contributed by atoms with Gasteiger partial charge in [-0.25, -0.2) is 0 Å². The summed E-state index contributed by atoms with van der Waals surface area (Å²) in [5, 5.41) is 0. The summed E-state index contributed by atoms with van der Waals surface area (Å²) in [4.78, 5) is 0. The quantitative estimate of drug-likeness (QED) is 0.454. The summed E-state index contributed by atoms with van der Waals surface area (Å²) >= 11 is 0. The van der Waals surface area contributed by atoms with E-state index in [0.717, 1.165) is 0 Å². The molecule has 0 atom stereocenters. The van der Waals surface area contributed by atoms with Crippen LogP contribution in [-0.4, -0.2) is 0 Å². The van der Waals surface area contributed by atoms with E-state index in [4.69, 9.17) is 0 Å². The maximum atomic E-state index is 2.98. The zero-order chi connectivity index (χ0) is 8.65. The van der Waals surface area contributed by atoms with Gasteiger partial charge in [-0.1, -0.05) is 42.5 Å². The summed E-state index contributed by atoms with van der Waals surface area (Å²) in [7, 11) is 0. The molecular formula is C12H12. The van der Waals surface area contributed by atoms with Crippen molar-refractivity contribution in [3.05, 3.63) is 59.9 Å². The maximum absolute atomic E-state index is 2.98. The lowest BCUT2D eigenvalue weighted by molar-refractivity contribution is 1.66. The molecular weight excluding hydrogens is 144 g/mol. The van der Waals surface area contributed by atoms with E-state index in [-0.39, 0.29) is 0 Å². The first kappa shape index (κ1) is 8.58. The maximum Gasteiger partial charge on any atom is -0.0203 e. The van der Waals surface area contributed by atoms with Gasteiger partial charge < -0.3 is 0 Å². The molecule has 0 amide bonds. The molecule has 1 rings (SSSR count). The molecule has 0 nitrogen and oxygen atoms in total. The van der Waals surface area contributed by atoms with E-state index in [1.165, 1.54) is 5.56 Å². The molecule has 0 saturated carbocycles. The molecule has 0 aliphatic heterocycles. The minimum absolute atomic E-state index is 1.21. The van der Waals surface area contributed by atoms with Crippen LogP contribution in [-0.2, 0) is 0 Å². The van der Waals surface area contributed by atoms with Gasteiger partial charge >= 0.3 is 0 Å². The lowest BCUT2D eigenvalue weighted by atomic mass is 10.2. The van der Waals surface area contributed by atoms with Crippen molar-refractivity contribution in [3.63, 3.8) is 0 Å². The fourth-order valence-corrected chi connectivity index (χ4v) is 0.875. The first-order valence-corrected chi connectivity index (χ1v) is 4.02. The van der Waals surface area contributed by atoms with Crippen molar-refractivity contribution in [2.24, 2.45) is 0 Å². The fraction of sp³-hybridized carbons (Fsp3) is 0.0833. The van der Waals surface area contributed by atoms with Crippen molar-refractivity contribution in [1.82, 2.24) is 0 Å². The summed E-state index contributed by atoms with van der Waals surface area (Å²) in [6.45, 7) is 1.95. The molecule has 0 unspecified atom stereocenters. The Morgan fingerprint density at radius 1 is 1.17 bits per heavy atom. The van der Waals surface area contributed by atoms with Gasteiger partial charge in [-0.05, 0) is 24.6 Å². The Morgan fingerprint density at radius 3 is 2.58 bits per heavy atom. The molecule has 60 valence electrons. The first-order chi connectivity index (χ1) is 5.93. The van der Waals surface area contributed by atoms with E-state index >= 15 is 0 Å². The van der Waals surface area contributed by atoms with Gasteiger partial charge in [-0.3, -0.25) is 0 Å². The van der Waals surface area contributed by atoms with Crippen molar-refractivity contribution in [3.8, 4) is 0 Å². The Balaban J connectivity index is 2.64. The number of hydrogen-bond donors (Lipinski definition) is 0. The van der Waals surface area contributed by atoms with Crippen LogP contribution in [0.15, 0.2) is 54.3 Å². The molecule has 0 aliphatic carbocycles. The summed E-state index contributed by atoms with van der Waals surface area (Å²) in [5.41, 5.74) is 4.20. The van der Waals surface area contributed by atoms with Gasteiger partial charge in [-0.2, -0.15) is 0 Å². The van der Waals surface area contributed by atoms with Crippen molar-refractivity contribution >= 4 is 6.08 Å². The van der Waals surface area contributed by atoms with E-state index in [0.29, 0.717) is 0 Å². The van der Waals surface area contributed by atoms with E-state index in [9.17, 15) is 0 Å². The third-order valence-electron chi connectivity index (χ3n) is 1.45. The van der Waals surface area contributed by atoms with Crippen LogP contribution < -0.4 is 0 Å². The molecule has 0 saturated heterocycles. The van der Waals surface area contributed by atoms with Gasteiger partial charge in [0, 0.05) is 0 Å². The molecule has 0 N–H and O–H groups in total. The molecule has 0 spiro atoms. The number of benzene rings is 1. The van der Waals surface area contributed by atoms with Crippen LogP contribution in [0.2, 0.25) is 0 Å². The normalized spacial score (nSPS) is 9.42. The summed E-state index contributed by atoms with van der Waals surface area (Å²) in [5.74, 6) is 0. The summed E-state index contributed by atoms with van der Waals surface area (Å²) in [6.07, 6.45) is 7.81. The van der Waals surface area contributed by atoms with E-state index in [2.05, 4.69) is 23.9 Å². The summed E-state index contributed by atoms with van der Waals surface area (Å²) < 4.78 is 0. The topological polar surface area (TPSA) is 0 Å². The van der Waals surface area contributed by atoms with Crippen LogP contribution in [0.5, 0.6) is 0 Å². The Morgan fingerprint density at radius 2 is 1.92 bits per heavy atom. The highest BCUT2D eigenvalue weighted by molar-refractivity contribution is 5.50. The van der Waals surface area contributed by atoms with Gasteiger partial charge in [0.2, 0.25) is 0 Å². The average molecular weight is 156 g/mol. The van der Waals surface area contributed by atoms with Crippen LogP contribution in [0.1, 0.15) is 12.5 Å². The largest absolute Gasteiger partial charge is 0.125 e. The van der Waals surface area contributed by atoms with Gasteiger partial charge in [0.15, 0.2) is 0 Å². The van der Waals surface area contributed by atoms with Crippen molar-refractivity contribution in [2.45, 2.75) is 6.92 Å². The van der Waals surface area contributed by atoms with Crippen molar-refractivity contribution in [2.75, 3.05) is 0 Å². The van der Waals surface area contributed by atoms with Gasteiger partial charge in [-0.15, -0.1) is 5.73 Å². The average Bonchev–Trinajstić information content (AvgIpc) is 2.14. The molecule has 0 bridgehead atoms. The second-order valence-electron chi connectivity index (χ2n) is 2.39. The Labute approximate surface area is 73.6 Å². The molecule has 12 heavy (non-hydrogen) atoms. The molecule has 0 fully saturated rings. The van der Waals surface area contributed by atoms with Gasteiger partial charge in [0.25, 0.3) is 0 Å². The minimum Gasteiger partial charge on any atom is -0.125 e. The highest BCUT2D eigenvalue weighted by atomic mass is 13.8. The minimum atomic E-state index is 1.21. The third-order valence-corrected chi connectivity index (χ3v) is 1.45. The molecule has 0 heterocycles. The Bertz CT molecular complexity index is 298. The Kier molecular flexibility index (Phi) is 3.70. The molecule has 0 aromatic heterocycles. The lowest BCUT2D eigenvalue weighted by Gasteiger charge is -1.87. The standard InChI is InChI=1S/C12H12/c1-2-3-4-6-9-12-10-7-5-8-11-12/h2,4-11H,1H3. The van der Waals surface area contributed by atoms with Crippen LogP contribution in [0.3, 0.4) is 0 Å². The van der Waals surface area contributed by atoms with Crippen LogP contribution in [0, 0.1) is 0 Å². The van der Waals surface area contributed by atoms with Crippen LogP contribution in [0.25, 0.3) is 6.08 Å². The number of rotatable bonds is 2. The van der Waals surface area contributed by atoms with E-state index in [1.807, 2.05) is 43.4 Å². The molecule has 1 aromatic rings. The van der Waals surface area contributed by atoms with Crippen molar-refractivity contribution in [1.29, 1.82) is 0 Å². The fourth-order valence-electron chi connectivity index (χ4n) is 0.875. The molecule has 0 radical (unpaired) electrons. The molecule has 0 aliphatic rings. The first-order valence-electron chi connectivity index (χ1n) is 4.02. The monoisotopic (exact) mass is 156 g/mol. The van der Waals surface area contributed by atoms with Gasteiger partial charge in [0.05, 0.1) is 0 Å². The number of hydrogen-bond acceptors (Lipinski definition) is 0. The van der Waals surface area contributed by atoms with Crippen molar-refractivity contribution < 1.29 is 0 Å². The zero-order valence-corrected chi connectivity index (χ0v) is 7.20. The second kappa shape index (κ2) is 5.17. The smallest absolute Gasteiger partial charge is 0.0203 e. The Hall–Kier alpha value is -1.52. The highest BCUT2D eigenvalue weighted by Crippen LogP contribution is 2.00. The predicted molar refractivity (Wildman–Crippen MR) is 53.8 cm³/mol. The SMILES string of the molecule is CC=C=CC=Cc1ccccc1. The number of allylic oxidation sites excluding steroid dienone is 2. The van der Waals surface area contributed by atoms with E-state index < -0.39 is 0 Å².